The van der Waals surface area contributed by atoms with Gasteiger partial charge in [0.25, 0.3) is 5.69 Å². The lowest BCUT2D eigenvalue weighted by Gasteiger charge is -1.99. The molecule has 2 rings (SSSR count). The van der Waals surface area contributed by atoms with Crippen molar-refractivity contribution in [2.45, 2.75) is 13.1 Å². The van der Waals surface area contributed by atoms with Gasteiger partial charge in [0, 0.05) is 23.3 Å². The molecule has 0 spiro atoms. The molecule has 0 atom stereocenters. The highest BCUT2D eigenvalue weighted by Crippen LogP contribution is 2.33. The van der Waals surface area contributed by atoms with Gasteiger partial charge in [0.05, 0.1) is 4.92 Å². The third-order valence-corrected chi connectivity index (χ3v) is 2.48. The van der Waals surface area contributed by atoms with Crippen LogP contribution in [0.1, 0.15) is 11.3 Å². The van der Waals surface area contributed by atoms with E-state index in [2.05, 4.69) is 9.68 Å². The van der Waals surface area contributed by atoms with E-state index >= 15 is 0 Å². The number of hydrogen-bond acceptors (Lipinski definition) is 4. The first-order valence-corrected chi connectivity index (χ1v) is 5.08. The third-order valence-electron chi connectivity index (χ3n) is 2.48. The van der Waals surface area contributed by atoms with Crippen LogP contribution in [0, 0.1) is 17.0 Å². The van der Waals surface area contributed by atoms with E-state index < -0.39 is 16.9 Å². The standard InChI is InChI=1S/C11H7F3N2O3/c1-6-4-7(2-3-9(6)16(17)18)8-5-10(19-15-8)11(12,13)14/h2-5H,1H3. The summed E-state index contributed by atoms with van der Waals surface area (Å²) in [5, 5.41) is 13.9. The Labute approximate surface area is 104 Å². The number of halogens is 3. The maximum absolute atomic E-state index is 12.3. The SMILES string of the molecule is Cc1cc(-c2cc(C(F)(F)F)on2)ccc1[N+](=O)[O-]. The second-order valence-electron chi connectivity index (χ2n) is 3.83. The molecule has 1 aromatic carbocycles. The highest BCUT2D eigenvalue weighted by molar-refractivity contribution is 5.63. The Morgan fingerprint density at radius 1 is 1.32 bits per heavy atom. The molecule has 0 unspecified atom stereocenters. The Balaban J connectivity index is 2.40. The van der Waals surface area contributed by atoms with Crippen LogP contribution in [0.5, 0.6) is 0 Å². The van der Waals surface area contributed by atoms with Crippen LogP contribution in [0.25, 0.3) is 11.3 Å². The first-order chi connectivity index (χ1) is 8.79. The summed E-state index contributed by atoms with van der Waals surface area (Å²) in [4.78, 5) is 10.1. The number of nitrogens with zero attached hydrogens (tertiary/aromatic N) is 2. The van der Waals surface area contributed by atoms with Crippen LogP contribution in [0.4, 0.5) is 18.9 Å². The molecule has 0 amide bonds. The Morgan fingerprint density at radius 3 is 2.47 bits per heavy atom. The smallest absolute Gasteiger partial charge is 0.351 e. The zero-order valence-electron chi connectivity index (χ0n) is 9.56. The van der Waals surface area contributed by atoms with E-state index in [1.165, 1.54) is 25.1 Å². The average molecular weight is 272 g/mol. The lowest BCUT2D eigenvalue weighted by Crippen LogP contribution is -2.02. The van der Waals surface area contributed by atoms with Crippen molar-refractivity contribution in [3.63, 3.8) is 0 Å². The molecule has 5 nitrogen and oxygen atoms in total. The fraction of sp³-hybridized carbons (Fsp3) is 0.182. The molecule has 1 aromatic heterocycles. The Bertz CT molecular complexity index is 634. The summed E-state index contributed by atoms with van der Waals surface area (Å²) in [6.07, 6.45) is -4.61. The van der Waals surface area contributed by atoms with Crippen molar-refractivity contribution < 1.29 is 22.6 Å². The van der Waals surface area contributed by atoms with Crippen molar-refractivity contribution in [3.8, 4) is 11.3 Å². The van der Waals surface area contributed by atoms with Crippen molar-refractivity contribution >= 4 is 5.69 Å². The normalized spacial score (nSPS) is 11.6. The van der Waals surface area contributed by atoms with Crippen molar-refractivity contribution in [2.24, 2.45) is 0 Å². The number of aromatic nitrogens is 1. The lowest BCUT2D eigenvalue weighted by molar-refractivity contribution is -0.385. The number of nitro benzene ring substituents is 1. The number of hydrogen-bond donors (Lipinski definition) is 0. The van der Waals surface area contributed by atoms with E-state index in [0.29, 0.717) is 11.1 Å². The minimum atomic E-state index is -4.61. The Kier molecular flexibility index (Phi) is 3.01. The molecule has 0 saturated heterocycles. The summed E-state index contributed by atoms with van der Waals surface area (Å²) in [6.45, 7) is 1.49. The van der Waals surface area contributed by atoms with Gasteiger partial charge in [0.1, 0.15) is 5.69 Å². The second kappa shape index (κ2) is 4.38. The van der Waals surface area contributed by atoms with Gasteiger partial charge < -0.3 is 4.52 Å². The number of aryl methyl sites for hydroxylation is 1. The molecule has 0 aliphatic carbocycles. The van der Waals surface area contributed by atoms with E-state index in [0.717, 1.165) is 6.07 Å². The van der Waals surface area contributed by atoms with Crippen LogP contribution in [0.2, 0.25) is 0 Å². The van der Waals surface area contributed by atoms with Crippen molar-refractivity contribution in [3.05, 3.63) is 45.7 Å². The van der Waals surface area contributed by atoms with Gasteiger partial charge in [-0.05, 0) is 19.1 Å². The van der Waals surface area contributed by atoms with E-state index in [9.17, 15) is 23.3 Å². The zero-order chi connectivity index (χ0) is 14.2. The monoisotopic (exact) mass is 272 g/mol. The highest BCUT2D eigenvalue weighted by Gasteiger charge is 2.36. The van der Waals surface area contributed by atoms with Crippen molar-refractivity contribution in [1.29, 1.82) is 0 Å². The predicted octanol–water partition coefficient (Wildman–Crippen LogP) is 3.58. The van der Waals surface area contributed by atoms with E-state index in [1.807, 2.05) is 0 Å². The number of nitro groups is 1. The van der Waals surface area contributed by atoms with Gasteiger partial charge >= 0.3 is 6.18 Å². The zero-order valence-corrected chi connectivity index (χ0v) is 9.56. The lowest BCUT2D eigenvalue weighted by atomic mass is 10.1. The van der Waals surface area contributed by atoms with Crippen LogP contribution in [0.15, 0.2) is 28.8 Å². The summed E-state index contributed by atoms with van der Waals surface area (Å²) in [6, 6.07) is 4.67. The molecular weight excluding hydrogens is 265 g/mol. The van der Waals surface area contributed by atoms with Crippen molar-refractivity contribution in [1.82, 2.24) is 5.16 Å². The molecule has 0 saturated carbocycles. The minimum absolute atomic E-state index is 0.0228. The van der Waals surface area contributed by atoms with Gasteiger partial charge in [-0.15, -0.1) is 0 Å². The van der Waals surface area contributed by atoms with Crippen LogP contribution in [-0.2, 0) is 6.18 Å². The van der Waals surface area contributed by atoms with Crippen LogP contribution in [-0.4, -0.2) is 10.1 Å². The molecule has 100 valence electrons. The van der Waals surface area contributed by atoms with Crippen LogP contribution < -0.4 is 0 Å². The predicted molar refractivity (Wildman–Crippen MR) is 58.3 cm³/mol. The van der Waals surface area contributed by atoms with Gasteiger partial charge in [-0.1, -0.05) is 5.16 Å². The summed E-state index contributed by atoms with van der Waals surface area (Å²) >= 11 is 0. The molecule has 0 aliphatic rings. The van der Waals surface area contributed by atoms with E-state index in [4.69, 9.17) is 0 Å². The molecule has 19 heavy (non-hydrogen) atoms. The van der Waals surface area contributed by atoms with Gasteiger partial charge in [0.15, 0.2) is 0 Å². The van der Waals surface area contributed by atoms with Gasteiger partial charge in [-0.2, -0.15) is 13.2 Å². The Hall–Kier alpha value is -2.38. The maximum Gasteiger partial charge on any atom is 0.452 e. The second-order valence-corrected chi connectivity index (χ2v) is 3.83. The van der Waals surface area contributed by atoms with Gasteiger partial charge in [-0.25, -0.2) is 0 Å². The minimum Gasteiger partial charge on any atom is -0.351 e. The fourth-order valence-electron chi connectivity index (χ4n) is 1.56. The molecule has 0 aliphatic heterocycles. The molecule has 8 heteroatoms. The summed E-state index contributed by atoms with van der Waals surface area (Å²) in [5.74, 6) is -1.21. The molecule has 0 N–H and O–H groups in total. The number of rotatable bonds is 2. The number of alkyl halides is 3. The summed E-state index contributed by atoms with van der Waals surface area (Å²) in [7, 11) is 0. The van der Waals surface area contributed by atoms with Crippen LogP contribution in [0.3, 0.4) is 0 Å². The third kappa shape index (κ3) is 2.56. The van der Waals surface area contributed by atoms with Crippen molar-refractivity contribution in [2.75, 3.05) is 0 Å². The van der Waals surface area contributed by atoms with E-state index in [1.54, 1.807) is 0 Å². The highest BCUT2D eigenvalue weighted by atomic mass is 19.4. The van der Waals surface area contributed by atoms with Crippen LogP contribution >= 0.6 is 0 Å². The molecule has 0 fully saturated rings. The summed E-state index contributed by atoms with van der Waals surface area (Å²) in [5.41, 5.74) is 0.523. The van der Waals surface area contributed by atoms with Gasteiger partial charge in [0.2, 0.25) is 5.76 Å². The average Bonchev–Trinajstić information content (AvgIpc) is 2.76. The first kappa shape index (κ1) is 13.1. The molecule has 0 bridgehead atoms. The van der Waals surface area contributed by atoms with E-state index in [-0.39, 0.29) is 11.4 Å². The maximum atomic E-state index is 12.3. The first-order valence-electron chi connectivity index (χ1n) is 5.08. The quantitative estimate of drug-likeness (QED) is 0.619. The number of benzene rings is 1. The molecule has 0 radical (unpaired) electrons. The molecule has 1 heterocycles. The summed E-state index contributed by atoms with van der Waals surface area (Å²) < 4.78 is 41.2. The van der Waals surface area contributed by atoms with Gasteiger partial charge in [-0.3, -0.25) is 10.1 Å². The fourth-order valence-corrected chi connectivity index (χ4v) is 1.56. The largest absolute Gasteiger partial charge is 0.452 e. The topological polar surface area (TPSA) is 69.2 Å². The Morgan fingerprint density at radius 2 is 2.00 bits per heavy atom. The molecule has 2 aromatic rings. The molecular formula is C11H7F3N2O3.